The second-order valence-corrected chi connectivity index (χ2v) is 5.95. The van der Waals surface area contributed by atoms with Gasteiger partial charge in [0.15, 0.2) is 5.78 Å². The Balaban J connectivity index is 4.06. The molecule has 0 radical (unpaired) electrons. The fourth-order valence-electron chi connectivity index (χ4n) is 1.50. The third-order valence-electron chi connectivity index (χ3n) is 3.16. The first-order valence-electron chi connectivity index (χ1n) is 6.90. The summed E-state index contributed by atoms with van der Waals surface area (Å²) in [7, 11) is 0. The van der Waals surface area contributed by atoms with E-state index in [4.69, 9.17) is 4.74 Å². The lowest BCUT2D eigenvalue weighted by Crippen LogP contribution is -2.36. The average molecular weight is 289 g/mol. The number of carbonyl (C=O) groups excluding carboxylic acids is 2. The van der Waals surface area contributed by atoms with Gasteiger partial charge >= 0.3 is 5.97 Å². The number of carbonyl (C=O) groups is 2. The fourth-order valence-corrected chi connectivity index (χ4v) is 2.58. The van der Waals surface area contributed by atoms with E-state index in [9.17, 15) is 9.59 Å². The lowest BCUT2D eigenvalue weighted by Gasteiger charge is -2.21. The smallest absolute Gasteiger partial charge is 0.319 e. The van der Waals surface area contributed by atoms with E-state index >= 15 is 0 Å². The molecule has 0 heterocycles. The topological polar surface area (TPSA) is 46.6 Å². The van der Waals surface area contributed by atoms with Crippen molar-refractivity contribution >= 4 is 23.5 Å². The van der Waals surface area contributed by atoms with Crippen molar-refractivity contribution in [3.8, 4) is 0 Å². The Labute approximate surface area is 121 Å². The van der Waals surface area contributed by atoms with Crippen LogP contribution in [0.25, 0.3) is 0 Å². The Kier molecular flexibility index (Phi) is 9.10. The van der Waals surface area contributed by atoms with Crippen LogP contribution in [-0.2, 0) is 14.3 Å². The molecule has 0 saturated heterocycles. The van der Waals surface area contributed by atoms with Gasteiger partial charge < -0.3 is 9.64 Å². The van der Waals surface area contributed by atoms with E-state index in [1.54, 1.807) is 32.5 Å². The normalized spacial score (nSPS) is 11.7. The summed E-state index contributed by atoms with van der Waals surface area (Å²) in [6.45, 7) is 12.6. The second-order valence-electron chi connectivity index (χ2n) is 4.85. The number of rotatable bonds is 10. The minimum Gasteiger partial charge on any atom is -0.465 e. The van der Waals surface area contributed by atoms with Crippen molar-refractivity contribution in [2.24, 2.45) is 5.41 Å². The van der Waals surface area contributed by atoms with Gasteiger partial charge in [-0.3, -0.25) is 9.59 Å². The van der Waals surface area contributed by atoms with Gasteiger partial charge in [-0.1, -0.05) is 13.8 Å². The van der Waals surface area contributed by atoms with Crippen LogP contribution in [-0.4, -0.2) is 54.4 Å². The molecule has 0 aliphatic heterocycles. The largest absolute Gasteiger partial charge is 0.465 e. The standard InChI is InChI=1S/C14H27NO3S/c1-6-15(7-2)9-10-19-11-12(16)14(4,5)13(17)18-8-3/h6-11H2,1-5H3. The molecule has 0 N–H and O–H groups in total. The second kappa shape index (κ2) is 9.37. The zero-order valence-electron chi connectivity index (χ0n) is 12.8. The van der Waals surface area contributed by atoms with Gasteiger partial charge in [-0.25, -0.2) is 0 Å². The molecule has 0 unspecified atom stereocenters. The van der Waals surface area contributed by atoms with Gasteiger partial charge in [0.25, 0.3) is 0 Å². The van der Waals surface area contributed by atoms with Crippen LogP contribution in [0.5, 0.6) is 0 Å². The predicted molar refractivity (Wildman–Crippen MR) is 80.5 cm³/mol. The Morgan fingerprint density at radius 3 is 2.21 bits per heavy atom. The van der Waals surface area contributed by atoms with E-state index in [2.05, 4.69) is 18.7 Å². The molecule has 0 atom stereocenters. The molecule has 0 aliphatic rings. The van der Waals surface area contributed by atoms with Gasteiger partial charge in [0, 0.05) is 12.3 Å². The molecule has 0 aromatic carbocycles. The SMILES string of the molecule is CCOC(=O)C(C)(C)C(=O)CSCCN(CC)CC. The van der Waals surface area contributed by atoms with Crippen LogP contribution < -0.4 is 0 Å². The number of ketones is 1. The van der Waals surface area contributed by atoms with Gasteiger partial charge in [0.1, 0.15) is 5.41 Å². The summed E-state index contributed by atoms with van der Waals surface area (Å²) in [6.07, 6.45) is 0. The molecular formula is C14H27NO3S. The number of hydrogen-bond donors (Lipinski definition) is 0. The zero-order chi connectivity index (χ0) is 14.9. The molecule has 0 fully saturated rings. The van der Waals surface area contributed by atoms with Crippen LogP contribution >= 0.6 is 11.8 Å². The van der Waals surface area contributed by atoms with Gasteiger partial charge in [0.2, 0.25) is 0 Å². The molecule has 0 spiro atoms. The maximum atomic E-state index is 12.0. The molecule has 4 nitrogen and oxygen atoms in total. The van der Waals surface area contributed by atoms with Gasteiger partial charge in [-0.15, -0.1) is 0 Å². The lowest BCUT2D eigenvalue weighted by molar-refractivity contribution is -0.157. The first kappa shape index (κ1) is 18.4. The van der Waals surface area contributed by atoms with E-state index in [0.717, 1.165) is 25.4 Å². The molecule has 0 saturated carbocycles. The number of ether oxygens (including phenoxy) is 1. The fraction of sp³-hybridized carbons (Fsp3) is 0.857. The molecule has 5 heteroatoms. The summed E-state index contributed by atoms with van der Waals surface area (Å²) in [6, 6.07) is 0. The van der Waals surface area contributed by atoms with Crippen LogP contribution in [0.3, 0.4) is 0 Å². The highest BCUT2D eigenvalue weighted by Gasteiger charge is 2.36. The van der Waals surface area contributed by atoms with Crippen molar-refractivity contribution in [2.45, 2.75) is 34.6 Å². The minimum atomic E-state index is -1.03. The quantitative estimate of drug-likeness (QED) is 0.350. The summed E-state index contributed by atoms with van der Waals surface area (Å²) in [5, 5.41) is 0. The van der Waals surface area contributed by atoms with Crippen LogP contribution in [0.15, 0.2) is 0 Å². The van der Waals surface area contributed by atoms with Crippen molar-refractivity contribution in [1.82, 2.24) is 4.90 Å². The molecule has 0 aliphatic carbocycles. The van der Waals surface area contributed by atoms with Crippen molar-refractivity contribution in [2.75, 3.05) is 37.7 Å². The highest BCUT2D eigenvalue weighted by atomic mass is 32.2. The summed E-state index contributed by atoms with van der Waals surface area (Å²) in [5.41, 5.74) is -1.03. The highest BCUT2D eigenvalue weighted by molar-refractivity contribution is 7.99. The third-order valence-corrected chi connectivity index (χ3v) is 4.10. The molecule has 0 aromatic rings. The summed E-state index contributed by atoms with van der Waals surface area (Å²) < 4.78 is 4.93. The third kappa shape index (κ3) is 6.43. The lowest BCUT2D eigenvalue weighted by atomic mass is 9.89. The van der Waals surface area contributed by atoms with Crippen LogP contribution in [0.1, 0.15) is 34.6 Å². The van der Waals surface area contributed by atoms with E-state index in [1.165, 1.54) is 0 Å². The summed E-state index contributed by atoms with van der Waals surface area (Å²) >= 11 is 1.58. The van der Waals surface area contributed by atoms with E-state index < -0.39 is 11.4 Å². The van der Waals surface area contributed by atoms with Crippen molar-refractivity contribution in [3.63, 3.8) is 0 Å². The number of thioether (sulfide) groups is 1. The summed E-state index contributed by atoms with van der Waals surface area (Å²) in [5.74, 6) is 0.791. The zero-order valence-corrected chi connectivity index (χ0v) is 13.6. The van der Waals surface area contributed by atoms with Gasteiger partial charge in [-0.2, -0.15) is 11.8 Å². The van der Waals surface area contributed by atoms with Crippen molar-refractivity contribution in [1.29, 1.82) is 0 Å². The molecular weight excluding hydrogens is 262 g/mol. The van der Waals surface area contributed by atoms with Gasteiger partial charge in [0.05, 0.1) is 12.4 Å². The Bertz CT molecular complexity index is 288. The number of nitrogens with zero attached hydrogens (tertiary/aromatic N) is 1. The average Bonchev–Trinajstić information content (AvgIpc) is 2.38. The number of Topliss-reactive ketones (excluding diaryl/α,β-unsaturated/α-hetero) is 1. The minimum absolute atomic E-state index is 0.0597. The van der Waals surface area contributed by atoms with Crippen LogP contribution in [0.4, 0.5) is 0 Å². The maximum Gasteiger partial charge on any atom is 0.319 e. The van der Waals surface area contributed by atoms with Crippen molar-refractivity contribution < 1.29 is 14.3 Å². The van der Waals surface area contributed by atoms with Gasteiger partial charge in [-0.05, 0) is 33.9 Å². The van der Waals surface area contributed by atoms with E-state index in [-0.39, 0.29) is 5.78 Å². The number of esters is 1. The van der Waals surface area contributed by atoms with Crippen LogP contribution in [0.2, 0.25) is 0 Å². The number of hydrogen-bond acceptors (Lipinski definition) is 5. The van der Waals surface area contributed by atoms with E-state index in [1.807, 2.05) is 0 Å². The van der Waals surface area contributed by atoms with Crippen molar-refractivity contribution in [3.05, 3.63) is 0 Å². The summed E-state index contributed by atoms with van der Waals surface area (Å²) in [4.78, 5) is 26.0. The predicted octanol–water partition coefficient (Wildman–Crippen LogP) is 2.22. The van der Waals surface area contributed by atoms with Crippen LogP contribution in [0, 0.1) is 5.41 Å². The Hall–Kier alpha value is -0.550. The molecule has 0 aromatic heterocycles. The molecule has 0 bridgehead atoms. The van der Waals surface area contributed by atoms with E-state index in [0.29, 0.717) is 12.4 Å². The molecule has 0 rings (SSSR count). The monoisotopic (exact) mass is 289 g/mol. The molecule has 0 amide bonds. The molecule has 19 heavy (non-hydrogen) atoms. The Morgan fingerprint density at radius 1 is 1.16 bits per heavy atom. The Morgan fingerprint density at radius 2 is 1.74 bits per heavy atom. The highest BCUT2D eigenvalue weighted by Crippen LogP contribution is 2.21. The first-order chi connectivity index (χ1) is 8.89. The first-order valence-corrected chi connectivity index (χ1v) is 8.06. The maximum absolute atomic E-state index is 12.0. The molecule has 112 valence electrons.